The van der Waals surface area contributed by atoms with Gasteiger partial charge in [0.25, 0.3) is 0 Å². The van der Waals surface area contributed by atoms with E-state index in [4.69, 9.17) is 0 Å². The highest BCUT2D eigenvalue weighted by Gasteiger charge is 2.35. The average Bonchev–Trinajstić information content (AvgIpc) is 2.74. The lowest BCUT2D eigenvalue weighted by Gasteiger charge is -2.22. The van der Waals surface area contributed by atoms with Gasteiger partial charge in [0.15, 0.2) is 0 Å². The maximum Gasteiger partial charge on any atom is 0.390 e. The van der Waals surface area contributed by atoms with Gasteiger partial charge in [-0.3, -0.25) is 5.10 Å². The van der Waals surface area contributed by atoms with Crippen LogP contribution in [0.4, 0.5) is 13.2 Å². The van der Waals surface area contributed by atoms with Gasteiger partial charge in [-0.2, -0.15) is 22.6 Å². The molecule has 1 aliphatic rings. The molecule has 0 radical (unpaired) electrons. The smallest absolute Gasteiger partial charge is 0.281 e. The summed E-state index contributed by atoms with van der Waals surface area (Å²) in [5.74, 6) is -1.04. The topological polar surface area (TPSA) is 103 Å². The Balaban J connectivity index is 2.13. The van der Waals surface area contributed by atoms with Crippen LogP contribution in [0.1, 0.15) is 24.2 Å². The van der Waals surface area contributed by atoms with Crippen LogP contribution in [-0.4, -0.2) is 73.8 Å². The lowest BCUT2D eigenvalue weighted by atomic mass is 10.4. The van der Waals surface area contributed by atoms with E-state index in [-0.39, 0.29) is 37.5 Å². The van der Waals surface area contributed by atoms with E-state index >= 15 is 0 Å². The van der Waals surface area contributed by atoms with Crippen LogP contribution < -0.4 is 0 Å². The van der Waals surface area contributed by atoms with Crippen LogP contribution in [0.5, 0.6) is 0 Å². The SMILES string of the molecule is Cc1n[nH]c(C)c1S(=O)(=O)N1CCCN(S(=O)(=O)CCC(F)(F)F)CC1. The summed E-state index contributed by atoms with van der Waals surface area (Å²) in [5.41, 5.74) is 0.683. The Bertz CT molecular complexity index is 830. The standard InChI is InChI=1S/C13H21F3N4O4S2/c1-10-12(11(2)18-17-10)26(23,24)20-6-3-5-19(7-8-20)25(21,22)9-4-13(14,15)16/h3-9H2,1-2H3,(H,17,18). The third-order valence-electron chi connectivity index (χ3n) is 4.11. The quantitative estimate of drug-likeness (QED) is 0.769. The minimum atomic E-state index is -4.56. The number of H-pyrrole nitrogens is 1. The molecule has 150 valence electrons. The summed E-state index contributed by atoms with van der Waals surface area (Å²) in [5, 5.41) is 6.45. The van der Waals surface area contributed by atoms with Gasteiger partial charge in [0.2, 0.25) is 20.0 Å². The molecular formula is C13H21F3N4O4S2. The number of rotatable bonds is 5. The number of alkyl halides is 3. The lowest BCUT2D eigenvalue weighted by molar-refractivity contribution is -0.130. The second-order valence-electron chi connectivity index (χ2n) is 6.10. The van der Waals surface area contributed by atoms with E-state index in [1.54, 1.807) is 13.8 Å². The molecule has 13 heteroatoms. The van der Waals surface area contributed by atoms with Crippen LogP contribution in [0, 0.1) is 13.8 Å². The summed E-state index contributed by atoms with van der Waals surface area (Å²) >= 11 is 0. The van der Waals surface area contributed by atoms with E-state index in [0.717, 1.165) is 8.61 Å². The number of aromatic nitrogens is 2. The van der Waals surface area contributed by atoms with Gasteiger partial charge < -0.3 is 0 Å². The second-order valence-corrected chi connectivity index (χ2v) is 10.1. The summed E-state index contributed by atoms with van der Waals surface area (Å²) in [6.45, 7) is 2.86. The highest BCUT2D eigenvalue weighted by Crippen LogP contribution is 2.24. The number of halogens is 3. The van der Waals surface area contributed by atoms with Crippen LogP contribution in [0.3, 0.4) is 0 Å². The Kier molecular flexibility index (Phi) is 6.05. The van der Waals surface area contributed by atoms with Crippen molar-refractivity contribution in [3.05, 3.63) is 11.4 Å². The molecule has 1 aromatic heterocycles. The van der Waals surface area contributed by atoms with Gasteiger partial charge in [0, 0.05) is 26.2 Å². The molecule has 1 aliphatic heterocycles. The zero-order chi connectivity index (χ0) is 19.8. The molecule has 1 aromatic rings. The maximum absolute atomic E-state index is 12.8. The Morgan fingerprint density at radius 3 is 2.15 bits per heavy atom. The van der Waals surface area contributed by atoms with E-state index in [1.807, 2.05) is 0 Å². The molecule has 2 rings (SSSR count). The van der Waals surface area contributed by atoms with Crippen LogP contribution in [0.2, 0.25) is 0 Å². The molecule has 2 heterocycles. The molecule has 0 aromatic carbocycles. The summed E-state index contributed by atoms with van der Waals surface area (Å²) in [7, 11) is -7.98. The lowest BCUT2D eigenvalue weighted by Crippen LogP contribution is -2.39. The number of hydrogen-bond acceptors (Lipinski definition) is 5. The van der Waals surface area contributed by atoms with E-state index in [1.165, 1.54) is 0 Å². The van der Waals surface area contributed by atoms with Crippen LogP contribution in [-0.2, 0) is 20.0 Å². The largest absolute Gasteiger partial charge is 0.390 e. The van der Waals surface area contributed by atoms with Crippen molar-refractivity contribution in [2.75, 3.05) is 31.9 Å². The minimum Gasteiger partial charge on any atom is -0.281 e. The fourth-order valence-corrected chi connectivity index (χ4v) is 6.13. The fraction of sp³-hybridized carbons (Fsp3) is 0.769. The number of hydrogen-bond donors (Lipinski definition) is 1. The van der Waals surface area contributed by atoms with Gasteiger partial charge in [-0.1, -0.05) is 0 Å². The summed E-state index contributed by atoms with van der Waals surface area (Å²) in [6.07, 6.45) is -5.80. The molecule has 1 fully saturated rings. The van der Waals surface area contributed by atoms with Crippen molar-refractivity contribution in [3.63, 3.8) is 0 Å². The third-order valence-corrected chi connectivity index (χ3v) is 8.14. The zero-order valence-electron chi connectivity index (χ0n) is 14.4. The minimum absolute atomic E-state index is 0.0183. The van der Waals surface area contributed by atoms with E-state index in [9.17, 15) is 30.0 Å². The molecule has 1 saturated heterocycles. The van der Waals surface area contributed by atoms with Crippen molar-refractivity contribution in [2.24, 2.45) is 0 Å². The Labute approximate surface area is 150 Å². The van der Waals surface area contributed by atoms with Crippen molar-refractivity contribution in [1.82, 2.24) is 18.8 Å². The molecule has 8 nitrogen and oxygen atoms in total. The number of aromatic amines is 1. The van der Waals surface area contributed by atoms with Gasteiger partial charge in [-0.15, -0.1) is 0 Å². The molecule has 0 aliphatic carbocycles. The zero-order valence-corrected chi connectivity index (χ0v) is 16.0. The van der Waals surface area contributed by atoms with Gasteiger partial charge in [-0.25, -0.2) is 21.1 Å². The summed E-state index contributed by atoms with van der Waals surface area (Å²) in [4.78, 5) is 0.0471. The molecule has 0 unspecified atom stereocenters. The predicted octanol–water partition coefficient (Wildman–Crippen LogP) is 1.01. The normalized spacial score (nSPS) is 18.8. The van der Waals surface area contributed by atoms with Crippen LogP contribution in [0.15, 0.2) is 4.90 Å². The number of nitrogens with zero attached hydrogens (tertiary/aromatic N) is 3. The Morgan fingerprint density at radius 1 is 1.04 bits per heavy atom. The highest BCUT2D eigenvalue weighted by molar-refractivity contribution is 7.89. The molecule has 0 bridgehead atoms. The number of sulfonamides is 2. The van der Waals surface area contributed by atoms with E-state index in [0.29, 0.717) is 11.4 Å². The summed E-state index contributed by atoms with van der Waals surface area (Å²) < 4.78 is 88.9. The second kappa shape index (κ2) is 7.44. The molecule has 0 spiro atoms. The number of aryl methyl sites for hydroxylation is 2. The first-order valence-electron chi connectivity index (χ1n) is 7.91. The van der Waals surface area contributed by atoms with Crippen molar-refractivity contribution in [3.8, 4) is 0 Å². The molecule has 0 saturated carbocycles. The first-order chi connectivity index (χ1) is 11.8. The van der Waals surface area contributed by atoms with Gasteiger partial charge in [0.05, 0.1) is 23.6 Å². The Morgan fingerprint density at radius 2 is 1.62 bits per heavy atom. The van der Waals surface area contributed by atoms with Crippen molar-refractivity contribution >= 4 is 20.0 Å². The van der Waals surface area contributed by atoms with Crippen LogP contribution in [0.25, 0.3) is 0 Å². The molecule has 0 amide bonds. The average molecular weight is 418 g/mol. The number of nitrogens with one attached hydrogen (secondary N) is 1. The molecular weight excluding hydrogens is 397 g/mol. The van der Waals surface area contributed by atoms with E-state index in [2.05, 4.69) is 10.2 Å². The van der Waals surface area contributed by atoms with Gasteiger partial charge in [0.1, 0.15) is 4.90 Å². The van der Waals surface area contributed by atoms with Crippen molar-refractivity contribution < 1.29 is 30.0 Å². The highest BCUT2D eigenvalue weighted by atomic mass is 32.2. The molecule has 0 atom stereocenters. The van der Waals surface area contributed by atoms with E-state index < -0.39 is 38.4 Å². The molecule has 1 N–H and O–H groups in total. The first-order valence-corrected chi connectivity index (χ1v) is 11.0. The van der Waals surface area contributed by atoms with Gasteiger partial charge >= 0.3 is 6.18 Å². The Hall–Kier alpha value is -1.18. The summed E-state index contributed by atoms with van der Waals surface area (Å²) in [6, 6.07) is 0. The first kappa shape index (κ1) is 21.1. The van der Waals surface area contributed by atoms with Crippen LogP contribution >= 0.6 is 0 Å². The van der Waals surface area contributed by atoms with Crippen molar-refractivity contribution in [1.29, 1.82) is 0 Å². The fourth-order valence-electron chi connectivity index (χ4n) is 2.81. The van der Waals surface area contributed by atoms with Gasteiger partial charge in [-0.05, 0) is 20.3 Å². The van der Waals surface area contributed by atoms with Crippen molar-refractivity contribution in [2.45, 2.75) is 37.8 Å². The molecule has 26 heavy (non-hydrogen) atoms. The maximum atomic E-state index is 12.8. The third kappa shape index (κ3) is 4.75. The predicted molar refractivity (Wildman–Crippen MR) is 87.5 cm³/mol. The monoisotopic (exact) mass is 418 g/mol.